The summed E-state index contributed by atoms with van der Waals surface area (Å²) in [5.74, 6) is 6.28. The number of aromatic nitrogens is 4. The minimum absolute atomic E-state index is 0.316. The zero-order chi connectivity index (χ0) is 16.7. The van der Waals surface area contributed by atoms with Gasteiger partial charge in [0.25, 0.3) is 5.56 Å². The van der Waals surface area contributed by atoms with Crippen LogP contribution in [0.3, 0.4) is 0 Å². The van der Waals surface area contributed by atoms with E-state index in [1.54, 1.807) is 36.9 Å². The van der Waals surface area contributed by atoms with Crippen LogP contribution >= 0.6 is 11.6 Å². The molecule has 0 atom stereocenters. The fourth-order valence-electron chi connectivity index (χ4n) is 2.32. The molecule has 3 rings (SSSR count). The van der Waals surface area contributed by atoms with Crippen molar-refractivity contribution in [3.05, 3.63) is 61.5 Å². The molecular formula is C16H13ClN4O2. The summed E-state index contributed by atoms with van der Waals surface area (Å²) < 4.78 is 3.98. The van der Waals surface area contributed by atoms with Crippen LogP contribution in [-0.2, 0) is 21.1 Å². The highest BCUT2D eigenvalue weighted by molar-refractivity contribution is 6.30. The van der Waals surface area contributed by atoms with Crippen molar-refractivity contribution in [1.29, 1.82) is 0 Å². The number of benzene rings is 1. The summed E-state index contributed by atoms with van der Waals surface area (Å²) in [6.45, 7) is 0. The van der Waals surface area contributed by atoms with Gasteiger partial charge in [0, 0.05) is 31.7 Å². The Kier molecular flexibility index (Phi) is 3.58. The lowest BCUT2D eigenvalue weighted by Gasteiger charge is -2.02. The first kappa shape index (κ1) is 15.1. The van der Waals surface area contributed by atoms with Crippen LogP contribution in [0.4, 0.5) is 0 Å². The predicted octanol–water partition coefficient (Wildman–Crippen LogP) is 1.02. The molecule has 0 saturated carbocycles. The average Bonchev–Trinajstić information content (AvgIpc) is 2.86. The van der Waals surface area contributed by atoms with Gasteiger partial charge in [-0.2, -0.15) is 0 Å². The van der Waals surface area contributed by atoms with Gasteiger partial charge in [0.05, 0.1) is 0 Å². The Hall–Kier alpha value is -2.78. The molecule has 0 spiro atoms. The molecule has 0 bridgehead atoms. The zero-order valence-corrected chi connectivity index (χ0v) is 13.5. The summed E-state index contributed by atoms with van der Waals surface area (Å²) in [7, 11) is 4.71. The van der Waals surface area contributed by atoms with E-state index < -0.39 is 11.2 Å². The molecule has 0 N–H and O–H groups in total. The molecule has 0 fully saturated rings. The van der Waals surface area contributed by atoms with Gasteiger partial charge in [-0.15, -0.1) is 0 Å². The highest BCUT2D eigenvalue weighted by Gasteiger charge is 2.15. The third-order valence-electron chi connectivity index (χ3n) is 3.62. The number of halogens is 1. The fraction of sp³-hybridized carbons (Fsp3) is 0.188. The van der Waals surface area contributed by atoms with Gasteiger partial charge in [-0.25, -0.2) is 9.78 Å². The Balaban J connectivity index is 2.24. The van der Waals surface area contributed by atoms with E-state index in [0.717, 1.165) is 10.1 Å². The van der Waals surface area contributed by atoms with Crippen molar-refractivity contribution in [3.63, 3.8) is 0 Å². The van der Waals surface area contributed by atoms with Crippen molar-refractivity contribution in [2.45, 2.75) is 0 Å². The lowest BCUT2D eigenvalue weighted by atomic mass is 10.2. The van der Waals surface area contributed by atoms with Crippen LogP contribution in [0.1, 0.15) is 11.4 Å². The first-order valence-corrected chi connectivity index (χ1v) is 7.18. The molecule has 0 aliphatic carbocycles. The van der Waals surface area contributed by atoms with E-state index in [-0.39, 0.29) is 0 Å². The number of hydrogen-bond acceptors (Lipinski definition) is 3. The number of aryl methyl sites for hydroxylation is 2. The summed E-state index contributed by atoms with van der Waals surface area (Å²) in [6, 6.07) is 7.14. The third kappa shape index (κ3) is 2.45. The zero-order valence-electron chi connectivity index (χ0n) is 12.8. The second kappa shape index (κ2) is 5.45. The van der Waals surface area contributed by atoms with E-state index in [0.29, 0.717) is 22.0 Å². The van der Waals surface area contributed by atoms with Crippen molar-refractivity contribution in [2.24, 2.45) is 21.1 Å². The van der Waals surface area contributed by atoms with Gasteiger partial charge < -0.3 is 4.57 Å². The summed E-state index contributed by atoms with van der Waals surface area (Å²) in [4.78, 5) is 28.6. The lowest BCUT2D eigenvalue weighted by molar-refractivity contribution is 0.705. The van der Waals surface area contributed by atoms with Gasteiger partial charge in [0.2, 0.25) is 0 Å². The molecule has 116 valence electrons. The maximum Gasteiger partial charge on any atom is 0.332 e. The molecule has 0 aliphatic heterocycles. The Morgan fingerprint density at radius 2 is 1.78 bits per heavy atom. The Morgan fingerprint density at radius 3 is 2.48 bits per heavy atom. The van der Waals surface area contributed by atoms with Crippen LogP contribution in [0.15, 0.2) is 33.9 Å². The van der Waals surface area contributed by atoms with Gasteiger partial charge in [-0.1, -0.05) is 23.6 Å². The fourth-order valence-corrected chi connectivity index (χ4v) is 2.51. The molecule has 0 radical (unpaired) electrons. The van der Waals surface area contributed by atoms with Gasteiger partial charge >= 0.3 is 5.69 Å². The molecule has 0 saturated heterocycles. The second-order valence-corrected chi connectivity index (χ2v) is 5.57. The van der Waals surface area contributed by atoms with Gasteiger partial charge in [-0.3, -0.25) is 13.9 Å². The monoisotopic (exact) mass is 328 g/mol. The largest absolute Gasteiger partial charge is 0.332 e. The Bertz CT molecular complexity index is 1110. The van der Waals surface area contributed by atoms with Crippen molar-refractivity contribution >= 4 is 22.8 Å². The number of hydrogen-bond donors (Lipinski definition) is 0. The van der Waals surface area contributed by atoms with E-state index >= 15 is 0 Å². The SMILES string of the molecule is Cn1c(=O)c2c(nc(C#Cc3cccc(Cl)c3)n2C)n(C)c1=O. The molecule has 2 aromatic heterocycles. The third-order valence-corrected chi connectivity index (χ3v) is 3.85. The van der Waals surface area contributed by atoms with Crippen LogP contribution in [-0.4, -0.2) is 18.7 Å². The minimum atomic E-state index is -0.421. The van der Waals surface area contributed by atoms with Crippen molar-refractivity contribution in [3.8, 4) is 11.8 Å². The van der Waals surface area contributed by atoms with Crippen molar-refractivity contribution in [2.75, 3.05) is 0 Å². The maximum atomic E-state index is 12.3. The van der Waals surface area contributed by atoms with Crippen LogP contribution in [0.5, 0.6) is 0 Å². The van der Waals surface area contributed by atoms with Crippen molar-refractivity contribution in [1.82, 2.24) is 18.7 Å². The van der Waals surface area contributed by atoms with Gasteiger partial charge in [0.15, 0.2) is 17.0 Å². The van der Waals surface area contributed by atoms with Crippen LogP contribution in [0, 0.1) is 11.8 Å². The maximum absolute atomic E-state index is 12.3. The van der Waals surface area contributed by atoms with Crippen molar-refractivity contribution < 1.29 is 0 Å². The Labute approximate surface area is 136 Å². The summed E-state index contributed by atoms with van der Waals surface area (Å²) >= 11 is 5.93. The van der Waals surface area contributed by atoms with Crippen LogP contribution < -0.4 is 11.2 Å². The van der Waals surface area contributed by atoms with E-state index in [1.807, 2.05) is 6.07 Å². The molecular weight excluding hydrogens is 316 g/mol. The summed E-state index contributed by atoms with van der Waals surface area (Å²) in [5.41, 5.74) is 0.580. The number of rotatable bonds is 0. The first-order chi connectivity index (χ1) is 10.9. The summed E-state index contributed by atoms with van der Waals surface area (Å²) in [6.07, 6.45) is 0. The van der Waals surface area contributed by atoms with Crippen LogP contribution in [0.25, 0.3) is 11.2 Å². The quantitative estimate of drug-likeness (QED) is 0.579. The minimum Gasteiger partial charge on any atom is -0.314 e. The molecule has 0 amide bonds. The average molecular weight is 329 g/mol. The molecule has 23 heavy (non-hydrogen) atoms. The van der Waals surface area contributed by atoms with E-state index in [4.69, 9.17) is 11.6 Å². The highest BCUT2D eigenvalue weighted by Crippen LogP contribution is 2.11. The van der Waals surface area contributed by atoms with E-state index in [2.05, 4.69) is 16.8 Å². The predicted molar refractivity (Wildman–Crippen MR) is 88.6 cm³/mol. The number of imidazole rings is 1. The summed E-state index contributed by atoms with van der Waals surface area (Å²) in [5, 5.41) is 0.595. The molecule has 0 aliphatic rings. The molecule has 6 nitrogen and oxygen atoms in total. The highest BCUT2D eigenvalue weighted by atomic mass is 35.5. The van der Waals surface area contributed by atoms with Gasteiger partial charge in [-0.05, 0) is 24.1 Å². The lowest BCUT2D eigenvalue weighted by Crippen LogP contribution is -2.37. The van der Waals surface area contributed by atoms with Crippen LogP contribution in [0.2, 0.25) is 5.02 Å². The van der Waals surface area contributed by atoms with E-state index in [1.165, 1.54) is 11.6 Å². The molecule has 3 aromatic rings. The topological polar surface area (TPSA) is 61.8 Å². The molecule has 7 heteroatoms. The standard InChI is InChI=1S/C16H13ClN4O2/c1-19-12(8-7-10-5-4-6-11(17)9-10)18-14-13(19)15(22)21(3)16(23)20(14)2/h4-6,9H,1-3H3. The number of nitrogens with zero attached hydrogens (tertiary/aromatic N) is 4. The number of fused-ring (bicyclic) bond motifs is 1. The smallest absolute Gasteiger partial charge is 0.314 e. The Morgan fingerprint density at radius 1 is 1.04 bits per heavy atom. The van der Waals surface area contributed by atoms with E-state index in [9.17, 15) is 9.59 Å². The molecule has 0 unspecified atom stereocenters. The first-order valence-electron chi connectivity index (χ1n) is 6.80. The van der Waals surface area contributed by atoms with Gasteiger partial charge in [0.1, 0.15) is 0 Å². The second-order valence-electron chi connectivity index (χ2n) is 5.13. The molecule has 1 aromatic carbocycles. The normalized spacial score (nSPS) is 10.6. The molecule has 2 heterocycles.